The van der Waals surface area contributed by atoms with Crippen LogP contribution in [-0.4, -0.2) is 58.4 Å². The number of carbonyl (C=O) groups excluding carboxylic acids is 4. The monoisotopic (exact) mass is 754 g/mol. The molecule has 48 heavy (non-hydrogen) atoms. The van der Waals surface area contributed by atoms with Crippen LogP contribution in [0.3, 0.4) is 0 Å². The zero-order valence-electron chi connectivity index (χ0n) is 25.3. The van der Waals surface area contributed by atoms with Crippen molar-refractivity contribution in [1.82, 2.24) is 19.9 Å². The van der Waals surface area contributed by atoms with E-state index in [1.807, 2.05) is 24.2 Å². The number of imidazole rings is 2. The summed E-state index contributed by atoms with van der Waals surface area (Å²) in [5.74, 6) is 0. The molecule has 4 N–H and O–H groups in total. The number of H-pyrrole nitrogens is 2. The fraction of sp³-hybridized carbons (Fsp3) is 0.0625. The Hall–Kier alpha value is -4.27. The van der Waals surface area contributed by atoms with Crippen molar-refractivity contribution in [2.45, 2.75) is 0 Å². The topological polar surface area (TPSA) is 192 Å². The molecule has 240 valence electrons. The summed E-state index contributed by atoms with van der Waals surface area (Å²) < 4.78 is 7.56. The third-order valence-corrected chi connectivity index (χ3v) is 7.64. The minimum Gasteiger partial charge on any atom is -0.632 e. The van der Waals surface area contributed by atoms with Gasteiger partial charge in [0.05, 0.1) is 48.3 Å². The van der Waals surface area contributed by atoms with Gasteiger partial charge < -0.3 is 40.5 Å². The summed E-state index contributed by atoms with van der Waals surface area (Å²) in [6.07, 6.45) is -0.244. The number of benzene rings is 2. The average molecular weight is 754 g/mol. The molecule has 2 aromatic carbocycles. The standard InChI is InChI=1S/C28H18N4O2P2.2C2H5NO2.2V/c33-15-35-27-29-14-26(32-27)19-5-1-18(2-6-19)23-11-20-7-3-17(4-8-21(20)12-23)22-9-10-24-25(13-22)31-28(30-24)36-16-34;2*1-5-2(3)4;;/h1-14,35-36H,(H,29,32)(H,30,31);2*1H3,(H2,3,4);;/q-2;;;2*+2/p-2. The molecule has 16 heteroatoms. The van der Waals surface area contributed by atoms with Crippen molar-refractivity contribution in [1.29, 1.82) is 0 Å². The zero-order valence-corrected chi connectivity index (χ0v) is 30.1. The van der Waals surface area contributed by atoms with E-state index in [-0.39, 0.29) is 54.3 Å². The number of rotatable bonds is 7. The van der Waals surface area contributed by atoms with Crippen LogP contribution in [0.2, 0.25) is 0 Å². The third kappa shape index (κ3) is 10.9. The molecule has 0 fully saturated rings. The average Bonchev–Trinajstić information content (AvgIpc) is 3.77. The Morgan fingerprint density at radius 2 is 1.08 bits per heavy atom. The van der Waals surface area contributed by atoms with Gasteiger partial charge in [0.25, 0.3) is 0 Å². The Balaban J connectivity index is 0.000000588. The number of carbonyl (C=O) groups is 2. The normalized spacial score (nSPS) is 10.3. The summed E-state index contributed by atoms with van der Waals surface area (Å²) in [6, 6.07) is 31.1. The largest absolute Gasteiger partial charge is 2.00 e. The first-order valence-electron chi connectivity index (χ1n) is 13.3. The van der Waals surface area contributed by atoms with Crippen LogP contribution in [0.4, 0.5) is 9.59 Å². The second-order valence-corrected chi connectivity index (χ2v) is 11.1. The van der Waals surface area contributed by atoms with Gasteiger partial charge in [0.15, 0.2) is 0 Å². The Morgan fingerprint density at radius 1 is 0.646 bits per heavy atom. The molecule has 0 saturated carbocycles. The van der Waals surface area contributed by atoms with Gasteiger partial charge in [-0.3, -0.25) is 9.59 Å². The van der Waals surface area contributed by atoms with Crippen LogP contribution in [0.15, 0.2) is 85.1 Å². The molecule has 2 radical (unpaired) electrons. The molecule has 12 nitrogen and oxygen atoms in total. The molecule has 0 saturated heterocycles. The molecule has 4 aromatic rings. The van der Waals surface area contributed by atoms with Crippen LogP contribution in [0.5, 0.6) is 0 Å². The van der Waals surface area contributed by atoms with E-state index in [2.05, 4.69) is 96.1 Å². The maximum Gasteiger partial charge on any atom is 2.00 e. The summed E-state index contributed by atoms with van der Waals surface area (Å²) in [4.78, 5) is 54.8. The smallest absolute Gasteiger partial charge is 0.632 e. The first-order chi connectivity index (χ1) is 22.2. The summed E-state index contributed by atoms with van der Waals surface area (Å²) in [5.41, 5.74) is 23.7. The number of hydrogen-bond acceptors (Lipinski definition) is 8. The zero-order chi connectivity index (χ0) is 33.1. The van der Waals surface area contributed by atoms with E-state index in [1.165, 1.54) is 0 Å². The molecule has 2 amide bonds. The molecule has 2 heterocycles. The number of nitrogens with zero attached hydrogens (tertiary/aromatic N) is 2. The Bertz CT molecular complexity index is 1900. The van der Waals surface area contributed by atoms with E-state index in [0.29, 0.717) is 11.1 Å². The quantitative estimate of drug-likeness (QED) is 0.132. The molecule has 6 rings (SSSR count). The number of aromatic nitrogens is 4. The molecule has 2 unspecified atom stereocenters. The van der Waals surface area contributed by atoms with Crippen molar-refractivity contribution in [2.24, 2.45) is 0 Å². The van der Waals surface area contributed by atoms with Crippen molar-refractivity contribution < 1.29 is 65.8 Å². The van der Waals surface area contributed by atoms with Crippen LogP contribution in [0.1, 0.15) is 0 Å². The SMILES string of the molecule is COC([NH-])=O.COC([NH-])=O.O=[C-]Pc1ncc(-c2ccc(-c3cc4ccc(-c5ccc6nc(P[C-]=O)[nH]c6c5)ccc-4c3)cc2)[nH]1.[V+2].[V+2]. The van der Waals surface area contributed by atoms with Crippen molar-refractivity contribution in [2.75, 3.05) is 14.2 Å². The van der Waals surface area contributed by atoms with E-state index in [4.69, 9.17) is 11.5 Å². The molecule has 2 aromatic heterocycles. The number of methoxy groups -OCH3 is 2. The first-order valence-corrected chi connectivity index (χ1v) is 15.3. The fourth-order valence-electron chi connectivity index (χ4n) is 4.32. The molecular formula is C32H26N6O6P2V2. The van der Waals surface area contributed by atoms with E-state index >= 15 is 0 Å². The number of fused-ring (bicyclic) bond motifs is 2. The Labute approximate surface area is 303 Å². The maximum absolute atomic E-state index is 10.7. The van der Waals surface area contributed by atoms with Crippen LogP contribution in [-0.2, 0) is 56.2 Å². The predicted octanol–water partition coefficient (Wildman–Crippen LogP) is 6.74. The van der Waals surface area contributed by atoms with Gasteiger partial charge in [0.1, 0.15) is 0 Å². The summed E-state index contributed by atoms with van der Waals surface area (Å²) in [7, 11) is 2.15. The fourth-order valence-corrected chi connectivity index (χ4v) is 5.22. The van der Waals surface area contributed by atoms with Crippen molar-refractivity contribution in [3.63, 3.8) is 0 Å². The maximum atomic E-state index is 10.7. The van der Waals surface area contributed by atoms with E-state index < -0.39 is 12.2 Å². The van der Waals surface area contributed by atoms with E-state index in [1.54, 1.807) is 6.20 Å². The van der Waals surface area contributed by atoms with Gasteiger partial charge in [-0.15, -0.1) is 0 Å². The third-order valence-electron chi connectivity index (χ3n) is 6.47. The van der Waals surface area contributed by atoms with Crippen LogP contribution in [0.25, 0.3) is 67.1 Å². The molecular weight excluding hydrogens is 728 g/mol. The summed E-state index contributed by atoms with van der Waals surface area (Å²) in [6.45, 7) is 0. The minimum absolute atomic E-state index is 0. The summed E-state index contributed by atoms with van der Waals surface area (Å²) >= 11 is 0. The van der Waals surface area contributed by atoms with Crippen LogP contribution < -0.4 is 11.1 Å². The molecule has 2 atom stereocenters. The molecule has 0 bridgehead atoms. The number of aromatic amines is 2. The van der Waals surface area contributed by atoms with E-state index in [0.717, 1.165) is 69.9 Å². The second-order valence-electron chi connectivity index (χ2n) is 9.25. The molecule has 0 aliphatic heterocycles. The van der Waals surface area contributed by atoms with Gasteiger partial charge in [-0.25, -0.2) is 22.0 Å². The van der Waals surface area contributed by atoms with Gasteiger partial charge in [-0.05, 0) is 63.2 Å². The minimum atomic E-state index is -0.995. The van der Waals surface area contributed by atoms with Crippen molar-refractivity contribution in [3.05, 3.63) is 96.5 Å². The second kappa shape index (κ2) is 19.5. The van der Waals surface area contributed by atoms with E-state index in [9.17, 15) is 19.2 Å². The Morgan fingerprint density at radius 3 is 1.60 bits per heavy atom. The molecule has 0 spiro atoms. The summed E-state index contributed by atoms with van der Waals surface area (Å²) in [5, 5.41) is 0. The van der Waals surface area contributed by atoms with Gasteiger partial charge in [0, 0.05) is 0 Å². The van der Waals surface area contributed by atoms with Crippen LogP contribution >= 0.6 is 17.2 Å². The first kappa shape index (κ1) is 39.9. The number of hydrogen-bond donors (Lipinski definition) is 2. The van der Waals surface area contributed by atoms with Gasteiger partial charge in [-0.2, -0.15) is 17.2 Å². The number of amides is 2. The van der Waals surface area contributed by atoms with Crippen molar-refractivity contribution in [3.8, 4) is 44.6 Å². The van der Waals surface area contributed by atoms with Gasteiger partial charge in [-0.1, -0.05) is 54.6 Å². The Kier molecular flexibility index (Phi) is 16.2. The number of nitrogens with one attached hydrogen (secondary N) is 4. The van der Waals surface area contributed by atoms with Crippen molar-refractivity contribution >= 4 is 63.6 Å². The van der Waals surface area contributed by atoms with Gasteiger partial charge >= 0.3 is 37.1 Å². The molecule has 2 aliphatic rings. The molecule has 2 aliphatic carbocycles. The van der Waals surface area contributed by atoms with Gasteiger partial charge in [0.2, 0.25) is 12.2 Å². The predicted molar refractivity (Wildman–Crippen MR) is 182 cm³/mol. The number of ether oxygens (including phenoxy) is 2. The van der Waals surface area contributed by atoms with Crippen LogP contribution in [0, 0.1) is 0 Å².